The smallest absolute Gasteiger partial charge is 0.256 e. The first-order valence-electron chi connectivity index (χ1n) is 9.58. The maximum atomic E-state index is 13.0. The molecule has 1 N–H and O–H groups in total. The number of likely N-dealkylation sites (tertiary alicyclic amines) is 1. The highest BCUT2D eigenvalue weighted by atomic mass is 16.2. The van der Waals surface area contributed by atoms with Gasteiger partial charge >= 0.3 is 0 Å². The predicted octanol–water partition coefficient (Wildman–Crippen LogP) is 4.41. The third-order valence-corrected chi connectivity index (χ3v) is 5.84. The molecule has 0 bridgehead atoms. The van der Waals surface area contributed by atoms with Crippen molar-refractivity contribution in [3.8, 4) is 0 Å². The van der Waals surface area contributed by atoms with E-state index in [9.17, 15) is 9.59 Å². The fraction of sp³-hybridized carbons (Fsp3) is 0.545. The number of amides is 2. The number of carbonyl (C=O) groups excluding carboxylic acids is 2. The van der Waals surface area contributed by atoms with E-state index in [1.54, 1.807) is 0 Å². The molecule has 1 aliphatic heterocycles. The summed E-state index contributed by atoms with van der Waals surface area (Å²) in [4.78, 5) is 27.8. The van der Waals surface area contributed by atoms with Crippen LogP contribution in [0.4, 0.5) is 5.69 Å². The SMILES string of the molecule is CC(C)=C[C@H]1[C@@H](C(=O)Nc2cccc(C)c2C(=O)N2CCCC2)C1(C)C. The number of hydrogen-bond acceptors (Lipinski definition) is 2. The van der Waals surface area contributed by atoms with Gasteiger partial charge in [-0.2, -0.15) is 0 Å². The van der Waals surface area contributed by atoms with Crippen LogP contribution in [0.1, 0.15) is 56.5 Å². The molecule has 1 aromatic rings. The minimum absolute atomic E-state index is 0.0126. The summed E-state index contributed by atoms with van der Waals surface area (Å²) in [6.07, 6.45) is 4.30. The zero-order chi connectivity index (χ0) is 19.1. The molecular formula is C22H30N2O2. The van der Waals surface area contributed by atoms with E-state index in [1.165, 1.54) is 5.57 Å². The largest absolute Gasteiger partial charge is 0.339 e. The first-order chi connectivity index (χ1) is 12.2. The third-order valence-electron chi connectivity index (χ3n) is 5.84. The second-order valence-electron chi connectivity index (χ2n) is 8.55. The van der Waals surface area contributed by atoms with Crippen molar-refractivity contribution in [2.45, 2.75) is 47.5 Å². The topological polar surface area (TPSA) is 49.4 Å². The zero-order valence-electron chi connectivity index (χ0n) is 16.6. The van der Waals surface area contributed by atoms with Gasteiger partial charge in [0, 0.05) is 13.1 Å². The molecule has 0 unspecified atom stereocenters. The molecule has 0 spiro atoms. The fourth-order valence-electron chi connectivity index (χ4n) is 4.19. The second kappa shape index (κ2) is 6.90. The highest BCUT2D eigenvalue weighted by molar-refractivity contribution is 6.06. The third kappa shape index (κ3) is 3.42. The van der Waals surface area contributed by atoms with Crippen LogP contribution in [0.5, 0.6) is 0 Å². The van der Waals surface area contributed by atoms with Crippen molar-refractivity contribution in [2.24, 2.45) is 17.3 Å². The lowest BCUT2D eigenvalue weighted by atomic mass is 10.0. The maximum absolute atomic E-state index is 13.0. The number of anilines is 1. The molecule has 2 atom stereocenters. The number of allylic oxidation sites excluding steroid dienone is 2. The van der Waals surface area contributed by atoms with Crippen LogP contribution in [0.25, 0.3) is 0 Å². The van der Waals surface area contributed by atoms with Gasteiger partial charge in [-0.3, -0.25) is 9.59 Å². The first kappa shape index (κ1) is 18.7. The Balaban J connectivity index is 1.82. The molecule has 26 heavy (non-hydrogen) atoms. The zero-order valence-corrected chi connectivity index (χ0v) is 16.6. The van der Waals surface area contributed by atoms with Crippen LogP contribution in [0.15, 0.2) is 29.8 Å². The summed E-state index contributed by atoms with van der Waals surface area (Å²) in [7, 11) is 0. The lowest BCUT2D eigenvalue weighted by Crippen LogP contribution is -2.30. The molecule has 2 fully saturated rings. The molecule has 3 rings (SSSR count). The van der Waals surface area contributed by atoms with E-state index in [4.69, 9.17) is 0 Å². The summed E-state index contributed by atoms with van der Waals surface area (Å²) in [5, 5.41) is 3.06. The summed E-state index contributed by atoms with van der Waals surface area (Å²) in [5.74, 6) is 0.257. The Morgan fingerprint density at radius 1 is 1.19 bits per heavy atom. The van der Waals surface area contributed by atoms with E-state index in [1.807, 2.05) is 30.0 Å². The Labute approximate surface area is 156 Å². The van der Waals surface area contributed by atoms with E-state index in [0.29, 0.717) is 11.3 Å². The van der Waals surface area contributed by atoms with Crippen molar-refractivity contribution in [3.05, 3.63) is 41.0 Å². The van der Waals surface area contributed by atoms with Crippen LogP contribution in [-0.4, -0.2) is 29.8 Å². The van der Waals surface area contributed by atoms with Crippen molar-refractivity contribution >= 4 is 17.5 Å². The number of aryl methyl sites for hydroxylation is 1. The van der Waals surface area contributed by atoms with Crippen LogP contribution in [0, 0.1) is 24.2 Å². The van der Waals surface area contributed by atoms with Gasteiger partial charge in [-0.05, 0) is 56.6 Å². The minimum atomic E-state index is -0.0485. The minimum Gasteiger partial charge on any atom is -0.339 e. The molecule has 0 radical (unpaired) electrons. The number of rotatable bonds is 4. The van der Waals surface area contributed by atoms with Gasteiger partial charge in [0.05, 0.1) is 17.2 Å². The fourth-order valence-corrected chi connectivity index (χ4v) is 4.19. The van der Waals surface area contributed by atoms with Crippen LogP contribution >= 0.6 is 0 Å². The van der Waals surface area contributed by atoms with Crippen LogP contribution in [0.3, 0.4) is 0 Å². The van der Waals surface area contributed by atoms with Gasteiger partial charge in [0.25, 0.3) is 5.91 Å². The average Bonchev–Trinajstić information content (AvgIpc) is 2.93. The van der Waals surface area contributed by atoms with Crippen LogP contribution in [-0.2, 0) is 4.79 Å². The molecular weight excluding hydrogens is 324 g/mol. The van der Waals surface area contributed by atoms with Crippen molar-refractivity contribution in [1.29, 1.82) is 0 Å². The first-order valence-corrected chi connectivity index (χ1v) is 9.58. The molecule has 2 amide bonds. The Morgan fingerprint density at radius 3 is 2.46 bits per heavy atom. The normalized spacial score (nSPS) is 23.5. The summed E-state index contributed by atoms with van der Waals surface area (Å²) < 4.78 is 0. The van der Waals surface area contributed by atoms with Gasteiger partial charge in [-0.25, -0.2) is 0 Å². The number of benzene rings is 1. The Bertz CT molecular complexity index is 753. The van der Waals surface area contributed by atoms with E-state index in [-0.39, 0.29) is 29.1 Å². The monoisotopic (exact) mass is 354 g/mol. The van der Waals surface area contributed by atoms with E-state index in [2.05, 4.69) is 39.1 Å². The molecule has 1 saturated heterocycles. The molecule has 1 aromatic carbocycles. The number of nitrogens with zero attached hydrogens (tertiary/aromatic N) is 1. The van der Waals surface area contributed by atoms with Crippen LogP contribution in [0.2, 0.25) is 0 Å². The van der Waals surface area contributed by atoms with E-state index in [0.717, 1.165) is 31.5 Å². The maximum Gasteiger partial charge on any atom is 0.256 e. The molecule has 1 heterocycles. The summed E-state index contributed by atoms with van der Waals surface area (Å²) in [6.45, 7) is 11.9. The van der Waals surface area contributed by atoms with Gasteiger partial charge in [-0.15, -0.1) is 0 Å². The second-order valence-corrected chi connectivity index (χ2v) is 8.55. The highest BCUT2D eigenvalue weighted by Crippen LogP contribution is 2.59. The Hall–Kier alpha value is -2.10. The van der Waals surface area contributed by atoms with E-state index < -0.39 is 0 Å². The van der Waals surface area contributed by atoms with E-state index >= 15 is 0 Å². The van der Waals surface area contributed by atoms with Gasteiger partial charge < -0.3 is 10.2 Å². The highest BCUT2D eigenvalue weighted by Gasteiger charge is 2.60. The molecule has 1 aliphatic carbocycles. The van der Waals surface area contributed by atoms with Crippen molar-refractivity contribution < 1.29 is 9.59 Å². The standard InChI is InChI=1S/C22H30N2O2/c1-14(2)13-16-19(22(16,4)5)20(25)23-17-10-8-9-15(3)18(17)21(26)24-11-6-7-12-24/h8-10,13,16,19H,6-7,11-12H2,1-5H3,(H,23,25)/t16-,19-/m0/s1. The number of nitrogens with one attached hydrogen (secondary N) is 1. The van der Waals surface area contributed by atoms with Gasteiger partial charge in [0.1, 0.15) is 0 Å². The van der Waals surface area contributed by atoms with Gasteiger partial charge in [0.2, 0.25) is 5.91 Å². The van der Waals surface area contributed by atoms with Crippen LogP contribution < -0.4 is 5.32 Å². The molecule has 2 aliphatic rings. The van der Waals surface area contributed by atoms with Crippen molar-refractivity contribution in [3.63, 3.8) is 0 Å². The van der Waals surface area contributed by atoms with Crippen molar-refractivity contribution in [2.75, 3.05) is 18.4 Å². The summed E-state index contributed by atoms with van der Waals surface area (Å²) in [6, 6.07) is 5.68. The number of carbonyl (C=O) groups is 2. The molecule has 0 aromatic heterocycles. The Morgan fingerprint density at radius 2 is 1.85 bits per heavy atom. The summed E-state index contributed by atoms with van der Waals surface area (Å²) >= 11 is 0. The lowest BCUT2D eigenvalue weighted by Gasteiger charge is -2.20. The van der Waals surface area contributed by atoms with Crippen molar-refractivity contribution in [1.82, 2.24) is 4.90 Å². The predicted molar refractivity (Wildman–Crippen MR) is 105 cm³/mol. The Kier molecular flexibility index (Phi) is 4.96. The molecule has 140 valence electrons. The average molecular weight is 354 g/mol. The molecule has 4 heteroatoms. The molecule has 4 nitrogen and oxygen atoms in total. The summed E-state index contributed by atoms with van der Waals surface area (Å²) in [5.41, 5.74) is 3.39. The quantitative estimate of drug-likeness (QED) is 0.814. The lowest BCUT2D eigenvalue weighted by molar-refractivity contribution is -0.118. The number of hydrogen-bond donors (Lipinski definition) is 1. The van der Waals surface area contributed by atoms with Gasteiger partial charge in [-0.1, -0.05) is 37.6 Å². The molecule has 1 saturated carbocycles. The van der Waals surface area contributed by atoms with Gasteiger partial charge in [0.15, 0.2) is 0 Å².